The van der Waals surface area contributed by atoms with Gasteiger partial charge in [0.15, 0.2) is 0 Å². The zero-order chi connectivity index (χ0) is 21.2. The zero-order valence-corrected chi connectivity index (χ0v) is 17.5. The van der Waals surface area contributed by atoms with Gasteiger partial charge in [-0.1, -0.05) is 11.6 Å². The van der Waals surface area contributed by atoms with Gasteiger partial charge in [-0.05, 0) is 59.2 Å². The molecule has 0 saturated carbocycles. The summed E-state index contributed by atoms with van der Waals surface area (Å²) in [5.41, 5.74) is -0.298. The maximum absolute atomic E-state index is 13.5. The van der Waals surface area contributed by atoms with Gasteiger partial charge >= 0.3 is 6.09 Å². The Balaban J connectivity index is 2.36. The van der Waals surface area contributed by atoms with E-state index >= 15 is 0 Å². The third kappa shape index (κ3) is 4.93. The summed E-state index contributed by atoms with van der Waals surface area (Å²) in [5, 5.41) is 9.22. The second-order valence-corrected chi connectivity index (χ2v) is 8.52. The van der Waals surface area contributed by atoms with Crippen molar-refractivity contribution < 1.29 is 18.7 Å². The van der Waals surface area contributed by atoms with Crippen molar-refractivity contribution in [1.29, 1.82) is 5.26 Å². The first-order valence-electron chi connectivity index (χ1n) is 9.12. The van der Waals surface area contributed by atoms with E-state index in [1.807, 2.05) is 13.8 Å². The number of halogens is 2. The summed E-state index contributed by atoms with van der Waals surface area (Å²) in [6, 6.07) is 5.06. The second kappa shape index (κ2) is 8.36. The number of rotatable bonds is 3. The Labute approximate surface area is 169 Å². The summed E-state index contributed by atoms with van der Waals surface area (Å²) >= 11 is 5.88. The number of nitrogens with zero attached hydrogens (tertiary/aromatic N) is 3. The average Bonchev–Trinajstić information content (AvgIpc) is 3.01. The number of likely N-dealkylation sites (tertiary alicyclic amines) is 1. The number of ether oxygens (including phenoxy) is 1. The molecule has 1 aliphatic rings. The summed E-state index contributed by atoms with van der Waals surface area (Å²) in [4.78, 5) is 28.7. The molecule has 6 nitrogen and oxygen atoms in total. The van der Waals surface area contributed by atoms with Crippen molar-refractivity contribution in [3.63, 3.8) is 0 Å². The number of nitriles is 1. The van der Waals surface area contributed by atoms with Crippen LogP contribution in [0.3, 0.4) is 0 Å². The highest BCUT2D eigenvalue weighted by molar-refractivity contribution is 6.31. The minimum absolute atomic E-state index is 0.0960. The molecule has 0 N–H and O–H groups in total. The fourth-order valence-electron chi connectivity index (χ4n) is 3.16. The van der Waals surface area contributed by atoms with Gasteiger partial charge in [0.25, 0.3) is 0 Å². The predicted molar refractivity (Wildman–Crippen MR) is 104 cm³/mol. The molecule has 152 valence electrons. The Hall–Kier alpha value is -2.33. The molecule has 2 atom stereocenters. The van der Waals surface area contributed by atoms with Crippen molar-refractivity contribution in [2.75, 3.05) is 11.4 Å². The lowest BCUT2D eigenvalue weighted by molar-refractivity contribution is -0.123. The van der Waals surface area contributed by atoms with Crippen LogP contribution in [-0.2, 0) is 9.53 Å². The molecule has 0 radical (unpaired) electrons. The number of carbonyl (C=O) groups excluding carboxylic acids is 2. The van der Waals surface area contributed by atoms with Gasteiger partial charge < -0.3 is 9.64 Å². The van der Waals surface area contributed by atoms with Crippen LogP contribution in [0.25, 0.3) is 0 Å². The van der Waals surface area contributed by atoms with E-state index in [1.165, 1.54) is 28.0 Å². The molecule has 0 bridgehead atoms. The van der Waals surface area contributed by atoms with Crippen LogP contribution in [0.2, 0.25) is 5.02 Å². The third-order valence-corrected chi connectivity index (χ3v) is 4.62. The van der Waals surface area contributed by atoms with E-state index in [9.17, 15) is 19.2 Å². The van der Waals surface area contributed by atoms with Gasteiger partial charge in [0.1, 0.15) is 17.5 Å². The highest BCUT2D eigenvalue weighted by Crippen LogP contribution is 2.30. The Morgan fingerprint density at radius 1 is 1.39 bits per heavy atom. The Bertz CT molecular complexity index is 801. The van der Waals surface area contributed by atoms with Gasteiger partial charge in [0, 0.05) is 18.3 Å². The maximum atomic E-state index is 13.5. The lowest BCUT2D eigenvalue weighted by Gasteiger charge is -2.33. The lowest BCUT2D eigenvalue weighted by atomic mass is 10.1. The molecule has 0 aliphatic carbocycles. The molecule has 0 spiro atoms. The van der Waals surface area contributed by atoms with Gasteiger partial charge in [-0.25, -0.2) is 9.18 Å². The Morgan fingerprint density at radius 3 is 2.54 bits per heavy atom. The normalized spacial score (nSPS) is 19.5. The quantitative estimate of drug-likeness (QED) is 0.742. The molecule has 1 saturated heterocycles. The first-order chi connectivity index (χ1) is 12.9. The van der Waals surface area contributed by atoms with Crippen molar-refractivity contribution in [3.8, 4) is 6.07 Å². The van der Waals surface area contributed by atoms with E-state index in [-0.39, 0.29) is 29.9 Å². The van der Waals surface area contributed by atoms with Gasteiger partial charge in [0.05, 0.1) is 17.0 Å². The lowest BCUT2D eigenvalue weighted by Crippen LogP contribution is -2.51. The summed E-state index contributed by atoms with van der Waals surface area (Å²) in [6.45, 7) is 8.95. The van der Waals surface area contributed by atoms with E-state index in [4.69, 9.17) is 16.3 Å². The summed E-state index contributed by atoms with van der Waals surface area (Å²) in [7, 11) is 0. The number of hydrogen-bond acceptors (Lipinski definition) is 4. The average molecular weight is 410 g/mol. The van der Waals surface area contributed by atoms with E-state index in [2.05, 4.69) is 6.07 Å². The topological polar surface area (TPSA) is 73.6 Å². The highest BCUT2D eigenvalue weighted by Gasteiger charge is 2.44. The zero-order valence-electron chi connectivity index (χ0n) is 16.7. The second-order valence-electron chi connectivity index (χ2n) is 8.11. The maximum Gasteiger partial charge on any atom is 0.411 e. The molecule has 1 aromatic carbocycles. The number of amides is 2. The van der Waals surface area contributed by atoms with Crippen LogP contribution in [0.4, 0.5) is 14.9 Å². The van der Waals surface area contributed by atoms with Crippen LogP contribution in [0.1, 0.15) is 41.0 Å². The molecule has 0 aromatic heterocycles. The van der Waals surface area contributed by atoms with Gasteiger partial charge in [0.2, 0.25) is 5.91 Å². The van der Waals surface area contributed by atoms with Crippen LogP contribution in [-0.4, -0.2) is 41.1 Å². The van der Waals surface area contributed by atoms with Crippen molar-refractivity contribution in [2.24, 2.45) is 5.92 Å². The predicted octanol–water partition coefficient (Wildman–Crippen LogP) is 4.37. The molecular weight excluding hydrogens is 385 g/mol. The Morgan fingerprint density at radius 2 is 2.04 bits per heavy atom. The van der Waals surface area contributed by atoms with Crippen molar-refractivity contribution >= 4 is 29.3 Å². The minimum atomic E-state index is -0.842. The number of hydrogen-bond donors (Lipinski definition) is 0. The van der Waals surface area contributed by atoms with Crippen LogP contribution in [0.15, 0.2) is 18.2 Å². The van der Waals surface area contributed by atoms with Crippen LogP contribution in [0, 0.1) is 23.1 Å². The smallest absolute Gasteiger partial charge is 0.411 e. The SMILES string of the molecule is CC(C)N(C(=O)[C@@H]1C[C@H](C#N)CN1C(=O)OC(C)(C)C)c1ccc(F)c(Cl)c1. The number of carbonyl (C=O) groups is 2. The summed E-state index contributed by atoms with van der Waals surface area (Å²) < 4.78 is 19.0. The Kier molecular flexibility index (Phi) is 6.56. The molecule has 0 unspecified atom stereocenters. The van der Waals surface area contributed by atoms with E-state index in [0.29, 0.717) is 5.69 Å². The molecule has 1 aromatic rings. The van der Waals surface area contributed by atoms with E-state index in [1.54, 1.807) is 20.8 Å². The molecule has 2 amide bonds. The van der Waals surface area contributed by atoms with Crippen molar-refractivity contribution in [3.05, 3.63) is 29.0 Å². The van der Waals surface area contributed by atoms with Gasteiger partial charge in [-0.2, -0.15) is 5.26 Å². The standard InChI is InChI=1S/C20H25ClFN3O3/c1-12(2)25(14-6-7-16(22)15(21)9-14)18(26)17-8-13(10-23)11-24(17)19(27)28-20(3,4)5/h6-7,9,12-13,17H,8,11H2,1-5H3/t13-,17+/m1/s1. The molecule has 8 heteroatoms. The molecule has 1 aliphatic heterocycles. The molecule has 28 heavy (non-hydrogen) atoms. The number of anilines is 1. The first-order valence-corrected chi connectivity index (χ1v) is 9.49. The van der Waals surface area contributed by atoms with Crippen LogP contribution >= 0.6 is 11.6 Å². The van der Waals surface area contributed by atoms with Gasteiger partial charge in [-0.3, -0.25) is 9.69 Å². The molecule has 1 fully saturated rings. The summed E-state index contributed by atoms with van der Waals surface area (Å²) in [6.07, 6.45) is -0.420. The highest BCUT2D eigenvalue weighted by atomic mass is 35.5. The van der Waals surface area contributed by atoms with Crippen molar-refractivity contribution in [1.82, 2.24) is 4.90 Å². The van der Waals surface area contributed by atoms with Crippen molar-refractivity contribution in [2.45, 2.75) is 58.7 Å². The van der Waals surface area contributed by atoms with Gasteiger partial charge in [-0.15, -0.1) is 0 Å². The molecular formula is C20H25ClFN3O3. The largest absolute Gasteiger partial charge is 0.444 e. The number of benzene rings is 1. The molecule has 1 heterocycles. The first kappa shape index (κ1) is 22.0. The summed E-state index contributed by atoms with van der Waals surface area (Å²) in [5.74, 6) is -1.41. The fraction of sp³-hybridized carbons (Fsp3) is 0.550. The molecule has 2 rings (SSSR count). The third-order valence-electron chi connectivity index (χ3n) is 4.33. The fourth-order valence-corrected chi connectivity index (χ4v) is 3.34. The monoisotopic (exact) mass is 409 g/mol. The minimum Gasteiger partial charge on any atom is -0.444 e. The van der Waals surface area contributed by atoms with Crippen LogP contribution < -0.4 is 4.90 Å². The van der Waals surface area contributed by atoms with E-state index < -0.39 is 29.5 Å². The van der Waals surface area contributed by atoms with E-state index in [0.717, 1.165) is 0 Å². The van der Waals surface area contributed by atoms with Crippen LogP contribution in [0.5, 0.6) is 0 Å².